The number of benzene rings is 1. The Bertz CT molecular complexity index is 432. The summed E-state index contributed by atoms with van der Waals surface area (Å²) in [5, 5.41) is 0. The summed E-state index contributed by atoms with van der Waals surface area (Å²) in [4.78, 5) is 0. The quantitative estimate of drug-likeness (QED) is 0.899. The van der Waals surface area contributed by atoms with Crippen LogP contribution in [-0.4, -0.2) is 20.3 Å². The minimum Gasteiger partial charge on any atom is -0.494 e. The van der Waals surface area contributed by atoms with Crippen molar-refractivity contribution < 1.29 is 13.9 Å². The lowest BCUT2D eigenvalue weighted by Crippen LogP contribution is -2.36. The van der Waals surface area contributed by atoms with Crippen molar-refractivity contribution in [1.82, 2.24) is 0 Å². The highest BCUT2D eigenvalue weighted by Gasteiger charge is 2.31. The maximum atomic E-state index is 14.3. The van der Waals surface area contributed by atoms with E-state index in [0.717, 1.165) is 12.8 Å². The molecule has 0 bridgehead atoms. The average Bonchev–Trinajstić information content (AvgIpc) is 2.49. The summed E-state index contributed by atoms with van der Waals surface area (Å²) in [7, 11) is 3.12. The minimum absolute atomic E-state index is 0.142. The van der Waals surface area contributed by atoms with Gasteiger partial charge in [-0.15, -0.1) is 0 Å². The highest BCUT2D eigenvalue weighted by molar-refractivity contribution is 5.33. The zero-order chi connectivity index (χ0) is 14.5. The zero-order valence-electron chi connectivity index (χ0n) is 12.3. The summed E-state index contributed by atoms with van der Waals surface area (Å²) in [5.41, 5.74) is 6.76. The van der Waals surface area contributed by atoms with Crippen molar-refractivity contribution >= 4 is 0 Å². The van der Waals surface area contributed by atoms with Crippen molar-refractivity contribution in [2.75, 3.05) is 14.2 Å². The lowest BCUT2D eigenvalue weighted by Gasteiger charge is -2.33. The molecule has 0 amide bonds. The summed E-state index contributed by atoms with van der Waals surface area (Å²) in [6.45, 7) is 0. The highest BCUT2D eigenvalue weighted by atomic mass is 19.1. The first-order chi connectivity index (χ1) is 9.69. The van der Waals surface area contributed by atoms with Gasteiger partial charge in [-0.05, 0) is 24.8 Å². The molecule has 112 valence electrons. The second kappa shape index (κ2) is 7.04. The summed E-state index contributed by atoms with van der Waals surface area (Å²) in [5.74, 6) is 0.270. The Morgan fingerprint density at radius 1 is 1.20 bits per heavy atom. The molecule has 2 N–H and O–H groups in total. The van der Waals surface area contributed by atoms with Crippen molar-refractivity contribution in [2.45, 2.75) is 44.2 Å². The normalized spacial score (nSPS) is 19.6. The summed E-state index contributed by atoms with van der Waals surface area (Å²) in [6, 6.07) is 4.63. The van der Waals surface area contributed by atoms with Crippen LogP contribution in [0.1, 0.15) is 43.7 Å². The Morgan fingerprint density at radius 3 is 2.50 bits per heavy atom. The molecule has 1 aliphatic rings. The van der Waals surface area contributed by atoms with Crippen molar-refractivity contribution in [2.24, 2.45) is 11.7 Å². The number of hydrogen-bond donors (Lipinski definition) is 1. The zero-order valence-corrected chi connectivity index (χ0v) is 12.3. The Hall–Kier alpha value is -1.13. The van der Waals surface area contributed by atoms with E-state index in [1.165, 1.54) is 26.4 Å². The van der Waals surface area contributed by atoms with E-state index in [1.54, 1.807) is 25.3 Å². The molecular weight excluding hydrogens is 257 g/mol. The van der Waals surface area contributed by atoms with Crippen LogP contribution in [0, 0.1) is 11.7 Å². The summed E-state index contributed by atoms with van der Waals surface area (Å²) in [6.07, 6.45) is 5.76. The van der Waals surface area contributed by atoms with Crippen molar-refractivity contribution in [3.63, 3.8) is 0 Å². The number of halogens is 1. The average molecular weight is 281 g/mol. The molecule has 0 saturated heterocycles. The molecule has 2 atom stereocenters. The molecule has 2 rings (SSSR count). The third-order valence-electron chi connectivity index (χ3n) is 4.31. The van der Waals surface area contributed by atoms with Crippen LogP contribution in [0.3, 0.4) is 0 Å². The smallest absolute Gasteiger partial charge is 0.169 e. The molecule has 1 aromatic rings. The number of methoxy groups -OCH3 is 2. The van der Waals surface area contributed by atoms with E-state index in [2.05, 4.69) is 0 Å². The maximum Gasteiger partial charge on any atom is 0.169 e. The van der Waals surface area contributed by atoms with E-state index >= 15 is 0 Å². The van der Waals surface area contributed by atoms with Crippen LogP contribution in [0.15, 0.2) is 18.2 Å². The highest BCUT2D eigenvalue weighted by Crippen LogP contribution is 2.35. The Balaban J connectivity index is 2.21. The predicted molar refractivity (Wildman–Crippen MR) is 77.3 cm³/mol. The number of nitrogens with two attached hydrogens (primary N) is 1. The molecule has 0 heterocycles. The summed E-state index contributed by atoms with van der Waals surface area (Å²) >= 11 is 0. The fourth-order valence-corrected chi connectivity index (χ4v) is 3.21. The van der Waals surface area contributed by atoms with Crippen LogP contribution in [0.2, 0.25) is 0 Å². The fraction of sp³-hybridized carbons (Fsp3) is 0.625. The second-order valence-corrected chi connectivity index (χ2v) is 5.49. The Kier molecular flexibility index (Phi) is 5.38. The van der Waals surface area contributed by atoms with Gasteiger partial charge in [0.15, 0.2) is 11.6 Å². The van der Waals surface area contributed by atoms with Gasteiger partial charge in [0.25, 0.3) is 0 Å². The van der Waals surface area contributed by atoms with Crippen molar-refractivity contribution in [1.29, 1.82) is 0 Å². The van der Waals surface area contributed by atoms with E-state index in [-0.39, 0.29) is 17.7 Å². The van der Waals surface area contributed by atoms with Gasteiger partial charge in [0.1, 0.15) is 0 Å². The van der Waals surface area contributed by atoms with E-state index < -0.39 is 6.04 Å². The molecule has 20 heavy (non-hydrogen) atoms. The lowest BCUT2D eigenvalue weighted by molar-refractivity contribution is 0.0164. The first kappa shape index (κ1) is 15.3. The predicted octanol–water partition coefficient (Wildman–Crippen LogP) is 3.43. The Labute approximate surface area is 120 Å². The van der Waals surface area contributed by atoms with Gasteiger partial charge in [0.05, 0.1) is 19.3 Å². The van der Waals surface area contributed by atoms with Gasteiger partial charge in [-0.1, -0.05) is 31.4 Å². The number of hydrogen-bond acceptors (Lipinski definition) is 3. The van der Waals surface area contributed by atoms with Crippen LogP contribution in [0.5, 0.6) is 5.75 Å². The molecule has 1 aromatic carbocycles. The van der Waals surface area contributed by atoms with Crippen molar-refractivity contribution in [3.8, 4) is 5.75 Å². The standard InChI is InChI=1S/C16H24FNO2/c1-19-13-10-6-9-12(14(13)17)15(18)16(20-2)11-7-4-3-5-8-11/h6,9-11,15-16H,3-5,7-8,18H2,1-2H3. The van der Waals surface area contributed by atoms with Crippen LogP contribution in [-0.2, 0) is 4.74 Å². The first-order valence-corrected chi connectivity index (χ1v) is 7.29. The molecule has 0 aromatic heterocycles. The van der Waals surface area contributed by atoms with Crippen LogP contribution in [0.25, 0.3) is 0 Å². The first-order valence-electron chi connectivity index (χ1n) is 7.29. The molecule has 1 saturated carbocycles. The van der Waals surface area contributed by atoms with Crippen LogP contribution < -0.4 is 10.5 Å². The second-order valence-electron chi connectivity index (χ2n) is 5.49. The van der Waals surface area contributed by atoms with Gasteiger partial charge >= 0.3 is 0 Å². The molecule has 0 radical (unpaired) electrons. The third kappa shape index (κ3) is 3.13. The maximum absolute atomic E-state index is 14.3. The monoisotopic (exact) mass is 281 g/mol. The summed E-state index contributed by atoms with van der Waals surface area (Å²) < 4.78 is 25.0. The molecule has 3 nitrogen and oxygen atoms in total. The third-order valence-corrected chi connectivity index (χ3v) is 4.31. The lowest BCUT2D eigenvalue weighted by atomic mass is 9.81. The molecule has 1 fully saturated rings. The van der Waals surface area contributed by atoms with E-state index in [4.69, 9.17) is 15.2 Å². The molecule has 2 unspecified atom stereocenters. The molecule has 4 heteroatoms. The van der Waals surface area contributed by atoms with E-state index in [9.17, 15) is 4.39 Å². The van der Waals surface area contributed by atoms with E-state index in [1.807, 2.05) is 0 Å². The SMILES string of the molecule is COc1cccc(C(N)C(OC)C2CCCCC2)c1F. The topological polar surface area (TPSA) is 44.5 Å². The fourth-order valence-electron chi connectivity index (χ4n) is 3.21. The van der Waals surface area contributed by atoms with Gasteiger partial charge in [0.2, 0.25) is 0 Å². The minimum atomic E-state index is -0.460. The van der Waals surface area contributed by atoms with Crippen LogP contribution in [0.4, 0.5) is 4.39 Å². The largest absolute Gasteiger partial charge is 0.494 e. The molecule has 1 aliphatic carbocycles. The number of rotatable bonds is 5. The van der Waals surface area contributed by atoms with Crippen LogP contribution >= 0.6 is 0 Å². The number of ether oxygens (including phenoxy) is 2. The van der Waals surface area contributed by atoms with Gasteiger partial charge in [0, 0.05) is 12.7 Å². The van der Waals surface area contributed by atoms with Crippen molar-refractivity contribution in [3.05, 3.63) is 29.6 Å². The Morgan fingerprint density at radius 2 is 1.90 bits per heavy atom. The van der Waals surface area contributed by atoms with Gasteiger partial charge in [-0.2, -0.15) is 0 Å². The molecular formula is C16H24FNO2. The van der Waals surface area contributed by atoms with Gasteiger partial charge < -0.3 is 15.2 Å². The molecule has 0 aliphatic heterocycles. The van der Waals surface area contributed by atoms with Gasteiger partial charge in [-0.3, -0.25) is 0 Å². The molecule has 0 spiro atoms. The van der Waals surface area contributed by atoms with Gasteiger partial charge in [-0.25, -0.2) is 4.39 Å². The van der Waals surface area contributed by atoms with E-state index in [0.29, 0.717) is 11.5 Å².